The zero-order chi connectivity index (χ0) is 27.9. The Morgan fingerprint density at radius 3 is 1.98 bits per heavy atom. The molecule has 7 nitrogen and oxygen atoms in total. The summed E-state index contributed by atoms with van der Waals surface area (Å²) in [6.45, 7) is 4.07. The largest absolute Gasteiger partial charge is 0.396 e. The molecular weight excluding hydrogens is 522 g/mol. The molecule has 6 rings (SSSR count). The molecule has 1 N–H and O–H groups in total. The lowest BCUT2D eigenvalue weighted by molar-refractivity contribution is -0.145. The number of likely N-dealkylation sites (tertiary alicyclic amines) is 1. The van der Waals surface area contributed by atoms with E-state index in [1.54, 1.807) is 16.7 Å². The van der Waals surface area contributed by atoms with Crippen LogP contribution < -0.4 is 0 Å². The first-order valence-electron chi connectivity index (χ1n) is 14.0. The second-order valence-electron chi connectivity index (χ2n) is 11.3. The van der Waals surface area contributed by atoms with Crippen LogP contribution in [0.3, 0.4) is 0 Å². The number of thioether (sulfide) groups is 1. The summed E-state index contributed by atoms with van der Waals surface area (Å²) in [6.07, 6.45) is 8.56. The molecule has 1 unspecified atom stereocenters. The third-order valence-corrected chi connectivity index (χ3v) is 10.5. The van der Waals surface area contributed by atoms with E-state index < -0.39 is 27.4 Å². The van der Waals surface area contributed by atoms with Crippen molar-refractivity contribution < 1.29 is 19.5 Å². The van der Waals surface area contributed by atoms with Crippen molar-refractivity contribution in [1.29, 1.82) is 0 Å². The highest BCUT2D eigenvalue weighted by Crippen LogP contribution is 2.65. The van der Waals surface area contributed by atoms with E-state index in [2.05, 4.69) is 12.2 Å². The first-order chi connectivity index (χ1) is 19.4. The number of aliphatic hydroxyl groups excluding tert-OH is 1. The maximum Gasteiger partial charge on any atom is 0.247 e. The highest BCUT2D eigenvalue weighted by atomic mass is 32.2. The van der Waals surface area contributed by atoms with Crippen molar-refractivity contribution in [2.75, 3.05) is 26.2 Å². The Morgan fingerprint density at radius 1 is 0.800 bits per heavy atom. The molecule has 5 atom stereocenters. The van der Waals surface area contributed by atoms with Gasteiger partial charge in [-0.1, -0.05) is 85.0 Å². The Balaban J connectivity index is 1.39. The zero-order valence-electron chi connectivity index (χ0n) is 22.7. The fraction of sp³-hybridized carbons (Fsp3) is 0.406. The molecule has 2 aromatic carbocycles. The maximum atomic E-state index is 14.4. The van der Waals surface area contributed by atoms with Crippen LogP contribution in [0.5, 0.6) is 0 Å². The van der Waals surface area contributed by atoms with Crippen LogP contribution in [-0.2, 0) is 27.5 Å². The van der Waals surface area contributed by atoms with Crippen LogP contribution in [0.25, 0.3) is 0 Å². The molecule has 3 amide bonds. The molecule has 8 heteroatoms. The molecule has 40 heavy (non-hydrogen) atoms. The first-order valence-corrected chi connectivity index (χ1v) is 14.8. The van der Waals surface area contributed by atoms with Gasteiger partial charge >= 0.3 is 0 Å². The molecule has 4 aliphatic rings. The summed E-state index contributed by atoms with van der Waals surface area (Å²) in [5, 5.41) is 9.64. The molecule has 0 aromatic heterocycles. The van der Waals surface area contributed by atoms with Crippen molar-refractivity contribution >= 4 is 29.5 Å². The number of fused-ring (bicyclic) bond motifs is 2. The third kappa shape index (κ3) is 4.38. The van der Waals surface area contributed by atoms with Crippen LogP contribution in [0.15, 0.2) is 85.0 Å². The Kier molecular flexibility index (Phi) is 7.09. The van der Waals surface area contributed by atoms with E-state index in [-0.39, 0.29) is 30.9 Å². The van der Waals surface area contributed by atoms with Crippen molar-refractivity contribution in [3.05, 3.63) is 96.1 Å². The minimum absolute atomic E-state index is 0.0481. The number of hydrogen-bond donors (Lipinski definition) is 1. The van der Waals surface area contributed by atoms with E-state index in [9.17, 15) is 19.5 Å². The van der Waals surface area contributed by atoms with E-state index >= 15 is 0 Å². The van der Waals surface area contributed by atoms with Crippen molar-refractivity contribution in [1.82, 2.24) is 14.7 Å². The quantitative estimate of drug-likeness (QED) is 0.529. The second kappa shape index (κ2) is 10.6. The number of carbonyl (C=O) groups excluding carboxylic acids is 3. The molecule has 4 aliphatic heterocycles. The summed E-state index contributed by atoms with van der Waals surface area (Å²) in [5.74, 6) is -1.59. The summed E-state index contributed by atoms with van der Waals surface area (Å²) >= 11 is 1.60. The molecule has 2 fully saturated rings. The van der Waals surface area contributed by atoms with Gasteiger partial charge in [-0.3, -0.25) is 14.4 Å². The predicted molar refractivity (Wildman–Crippen MR) is 155 cm³/mol. The lowest BCUT2D eigenvalue weighted by atomic mass is 9.74. The van der Waals surface area contributed by atoms with Crippen LogP contribution in [0, 0.1) is 11.8 Å². The molecule has 1 spiro atoms. The molecule has 2 saturated heterocycles. The van der Waals surface area contributed by atoms with E-state index in [0.29, 0.717) is 32.6 Å². The predicted octanol–water partition coefficient (Wildman–Crippen LogP) is 3.25. The Bertz CT molecular complexity index is 1350. The van der Waals surface area contributed by atoms with Crippen molar-refractivity contribution in [3.63, 3.8) is 0 Å². The van der Waals surface area contributed by atoms with Gasteiger partial charge < -0.3 is 19.8 Å². The van der Waals surface area contributed by atoms with Gasteiger partial charge in [0.25, 0.3) is 0 Å². The summed E-state index contributed by atoms with van der Waals surface area (Å²) in [6, 6.07) is 19.0. The van der Waals surface area contributed by atoms with E-state index in [1.807, 2.05) is 89.5 Å². The minimum Gasteiger partial charge on any atom is -0.396 e. The monoisotopic (exact) mass is 557 g/mol. The van der Waals surface area contributed by atoms with Crippen LogP contribution in [0.2, 0.25) is 0 Å². The number of rotatable bonds is 7. The molecule has 0 saturated carbocycles. The highest BCUT2D eigenvalue weighted by molar-refractivity contribution is 8.02. The van der Waals surface area contributed by atoms with E-state index in [1.165, 1.54) is 0 Å². The topological polar surface area (TPSA) is 81.2 Å². The summed E-state index contributed by atoms with van der Waals surface area (Å²) in [4.78, 5) is 48.3. The van der Waals surface area contributed by atoms with Crippen molar-refractivity contribution in [3.8, 4) is 0 Å². The van der Waals surface area contributed by atoms with Crippen molar-refractivity contribution in [2.24, 2.45) is 11.8 Å². The lowest BCUT2D eigenvalue weighted by Gasteiger charge is -2.37. The smallest absolute Gasteiger partial charge is 0.247 e. The highest BCUT2D eigenvalue weighted by Gasteiger charge is 2.73. The zero-order valence-corrected chi connectivity index (χ0v) is 23.5. The standard InChI is InChI=1S/C32H35N3O4S/c1-31-15-8-17-33(21-23-11-4-2-5-12-23)28(37)25(31)26-29(38)35(19-10-20-36)27-30(39)34(18-9-16-32(26,27)40-31)22-24-13-6-3-7-14-24/h2-9,11-16,25-27,36H,10,17-22H2,1H3/t25-,26+,27?,31+,32+/m1/s1. The Morgan fingerprint density at radius 2 is 1.38 bits per heavy atom. The molecule has 0 radical (unpaired) electrons. The molecular formula is C32H35N3O4S. The molecule has 0 bridgehead atoms. The van der Waals surface area contributed by atoms with Crippen LogP contribution >= 0.6 is 11.8 Å². The fourth-order valence-electron chi connectivity index (χ4n) is 6.99. The maximum absolute atomic E-state index is 14.4. The summed E-state index contributed by atoms with van der Waals surface area (Å²) in [5.41, 5.74) is 2.06. The van der Waals surface area contributed by atoms with Gasteiger partial charge in [0, 0.05) is 44.1 Å². The van der Waals surface area contributed by atoms with Crippen LogP contribution in [-0.4, -0.2) is 79.3 Å². The van der Waals surface area contributed by atoms with Gasteiger partial charge in [-0.15, -0.1) is 11.8 Å². The van der Waals surface area contributed by atoms with Gasteiger partial charge in [-0.2, -0.15) is 0 Å². The summed E-state index contributed by atoms with van der Waals surface area (Å²) in [7, 11) is 0. The van der Waals surface area contributed by atoms with E-state index in [4.69, 9.17) is 0 Å². The Hall–Kier alpha value is -3.36. The minimum atomic E-state index is -0.871. The SMILES string of the molecule is C[C@]12C=CCN(Cc3ccccc3)C(=O)[C@H]1[C@H]1C(=O)N(CCCO)C3C(=O)N(Cc4ccccc4)CC=C[C@@]31S2. The molecule has 2 aromatic rings. The van der Waals surface area contributed by atoms with Gasteiger partial charge in [-0.25, -0.2) is 0 Å². The van der Waals surface area contributed by atoms with Gasteiger partial charge in [0.2, 0.25) is 17.7 Å². The number of nitrogens with zero attached hydrogens (tertiary/aromatic N) is 3. The van der Waals surface area contributed by atoms with Gasteiger partial charge in [0.1, 0.15) is 6.04 Å². The van der Waals surface area contributed by atoms with E-state index in [0.717, 1.165) is 11.1 Å². The summed E-state index contributed by atoms with van der Waals surface area (Å²) < 4.78 is -1.51. The lowest BCUT2D eigenvalue weighted by Crippen LogP contribution is -2.53. The molecule has 4 heterocycles. The average molecular weight is 558 g/mol. The fourth-order valence-corrected chi connectivity index (χ4v) is 9.15. The van der Waals surface area contributed by atoms with Crippen LogP contribution in [0.4, 0.5) is 0 Å². The number of hydrogen-bond acceptors (Lipinski definition) is 5. The van der Waals surface area contributed by atoms with Gasteiger partial charge in [0.15, 0.2) is 0 Å². The van der Waals surface area contributed by atoms with Gasteiger partial charge in [0.05, 0.1) is 16.6 Å². The normalized spacial score (nSPS) is 31.2. The number of benzene rings is 2. The van der Waals surface area contributed by atoms with Gasteiger partial charge in [-0.05, 0) is 24.5 Å². The number of carbonyl (C=O) groups is 3. The molecule has 208 valence electrons. The second-order valence-corrected chi connectivity index (χ2v) is 13.1. The number of amides is 3. The third-order valence-electron chi connectivity index (χ3n) is 8.71. The number of aliphatic hydroxyl groups is 1. The van der Waals surface area contributed by atoms with Crippen LogP contribution in [0.1, 0.15) is 24.5 Å². The molecule has 0 aliphatic carbocycles. The first kappa shape index (κ1) is 26.8. The van der Waals surface area contributed by atoms with Crippen molar-refractivity contribution in [2.45, 2.75) is 42.0 Å². The average Bonchev–Trinajstić information content (AvgIpc) is 3.23. The Labute approximate surface area is 239 Å².